The second kappa shape index (κ2) is 10.5. The Bertz CT molecular complexity index is 1620. The lowest BCUT2D eigenvalue weighted by Gasteiger charge is -2.38. The number of methoxy groups -OCH3 is 1. The summed E-state index contributed by atoms with van der Waals surface area (Å²) >= 11 is 0. The molecule has 4 aromatic carbocycles. The number of anilines is 1. The van der Waals surface area contributed by atoms with Crippen LogP contribution < -0.4 is 4.90 Å². The number of carbonyl (C=O) groups is 1. The number of aliphatic imine (C=N–C) groups is 1. The first-order chi connectivity index (χ1) is 19.1. The number of carbonyl (C=O) groups excluding carboxylic acids is 1. The number of benzene rings is 4. The molecule has 0 saturated carbocycles. The number of alkyl halides is 3. The van der Waals surface area contributed by atoms with E-state index in [9.17, 15) is 22.4 Å². The average Bonchev–Trinajstić information content (AvgIpc) is 2.93. The lowest BCUT2D eigenvalue weighted by molar-refractivity contribution is -0.141. The number of halogens is 6. The number of esters is 1. The molecule has 0 bridgehead atoms. The van der Waals surface area contributed by atoms with E-state index in [2.05, 4.69) is 4.99 Å². The van der Waals surface area contributed by atoms with Gasteiger partial charge in [-0.15, -0.1) is 0 Å². The van der Waals surface area contributed by atoms with E-state index in [4.69, 9.17) is 4.74 Å². The van der Waals surface area contributed by atoms with Crippen LogP contribution in [0, 0.1) is 17.5 Å². The monoisotopic (exact) mass is 554 g/mol. The molecule has 10 heteroatoms. The first kappa shape index (κ1) is 27.0. The minimum atomic E-state index is -4.69. The van der Waals surface area contributed by atoms with Crippen LogP contribution in [-0.4, -0.2) is 18.9 Å². The zero-order chi connectivity index (χ0) is 28.6. The predicted octanol–water partition coefficient (Wildman–Crippen LogP) is 7.99. The smallest absolute Gasteiger partial charge is 0.416 e. The summed E-state index contributed by atoms with van der Waals surface area (Å²) in [5.74, 6) is -2.95. The first-order valence-electron chi connectivity index (χ1n) is 12.0. The van der Waals surface area contributed by atoms with E-state index >= 15 is 8.78 Å². The fourth-order valence-electron chi connectivity index (χ4n) is 4.65. The Labute approximate surface area is 225 Å². The lowest BCUT2D eigenvalue weighted by Crippen LogP contribution is -2.40. The van der Waals surface area contributed by atoms with Crippen LogP contribution in [0.25, 0.3) is 11.1 Å². The molecule has 0 radical (unpaired) electrons. The minimum Gasteiger partial charge on any atom is -0.469 e. The molecule has 1 aliphatic rings. The summed E-state index contributed by atoms with van der Waals surface area (Å²) in [5.41, 5.74) is -0.190. The van der Waals surface area contributed by atoms with Gasteiger partial charge in [0.25, 0.3) is 0 Å². The molecule has 0 spiro atoms. The number of hydrogen-bond donors (Lipinski definition) is 0. The van der Waals surface area contributed by atoms with Gasteiger partial charge in [-0.05, 0) is 59.7 Å². The highest BCUT2D eigenvalue weighted by Crippen LogP contribution is 2.44. The Hall–Kier alpha value is -4.60. The van der Waals surface area contributed by atoms with E-state index in [0.717, 1.165) is 25.3 Å². The summed E-state index contributed by atoms with van der Waals surface area (Å²) in [5, 5.41) is 0. The Balaban J connectivity index is 1.72. The minimum absolute atomic E-state index is 0.0422. The summed E-state index contributed by atoms with van der Waals surface area (Å²) in [4.78, 5) is 18.1. The third-order valence-corrected chi connectivity index (χ3v) is 6.56. The second-order valence-electron chi connectivity index (χ2n) is 9.03. The van der Waals surface area contributed by atoms with E-state index in [1.54, 1.807) is 0 Å². The number of para-hydroxylation sites is 1. The van der Waals surface area contributed by atoms with Gasteiger partial charge in [0.1, 0.15) is 29.0 Å². The summed E-state index contributed by atoms with van der Waals surface area (Å²) in [6, 6.07) is 16.7. The molecule has 1 atom stereocenters. The number of nitrogens with zero attached hydrogens (tertiary/aromatic N) is 2. The second-order valence-corrected chi connectivity index (χ2v) is 9.03. The van der Waals surface area contributed by atoms with Crippen molar-refractivity contribution in [2.45, 2.75) is 18.6 Å². The molecule has 0 fully saturated rings. The summed E-state index contributed by atoms with van der Waals surface area (Å²) in [6.07, 6.45) is -5.08. The molecule has 0 N–H and O–H groups in total. The van der Waals surface area contributed by atoms with Crippen molar-refractivity contribution in [3.05, 3.63) is 119 Å². The SMILES string of the molecule is COC(=O)CC1c2cccc(F)c2N=C(c2ccc(-c3ccc(F)cc3)cc2F)N1c1cccc(C(F)(F)F)c1. The molecule has 4 aromatic rings. The average molecular weight is 554 g/mol. The Morgan fingerprint density at radius 3 is 2.25 bits per heavy atom. The first-order valence-corrected chi connectivity index (χ1v) is 12.0. The molecular formula is C30H20F6N2O2. The van der Waals surface area contributed by atoms with Crippen LogP contribution in [0.1, 0.15) is 29.2 Å². The van der Waals surface area contributed by atoms with E-state index in [0.29, 0.717) is 11.1 Å². The van der Waals surface area contributed by atoms with Gasteiger partial charge in [0, 0.05) is 11.3 Å². The molecule has 0 amide bonds. The maximum absolute atomic E-state index is 15.7. The highest BCUT2D eigenvalue weighted by Gasteiger charge is 2.37. The Morgan fingerprint density at radius 2 is 1.57 bits per heavy atom. The molecule has 0 saturated heterocycles. The normalized spacial score (nSPS) is 14.9. The molecule has 0 aliphatic carbocycles. The predicted molar refractivity (Wildman–Crippen MR) is 138 cm³/mol. The van der Waals surface area contributed by atoms with Crippen LogP contribution in [0.3, 0.4) is 0 Å². The zero-order valence-corrected chi connectivity index (χ0v) is 20.8. The number of hydrogen-bond acceptors (Lipinski definition) is 4. The summed E-state index contributed by atoms with van der Waals surface area (Å²) in [7, 11) is 1.15. The molecule has 4 nitrogen and oxygen atoms in total. The summed E-state index contributed by atoms with van der Waals surface area (Å²) < 4.78 is 89.9. The zero-order valence-electron chi connectivity index (χ0n) is 20.8. The topological polar surface area (TPSA) is 41.9 Å². The van der Waals surface area contributed by atoms with Crippen LogP contribution in [0.4, 0.5) is 37.7 Å². The number of amidine groups is 1. The van der Waals surface area contributed by atoms with Gasteiger partial charge in [-0.2, -0.15) is 13.2 Å². The van der Waals surface area contributed by atoms with Gasteiger partial charge in [0.15, 0.2) is 0 Å². The van der Waals surface area contributed by atoms with Crippen molar-refractivity contribution in [2.75, 3.05) is 12.0 Å². The summed E-state index contributed by atoms with van der Waals surface area (Å²) in [6.45, 7) is 0. The third-order valence-electron chi connectivity index (χ3n) is 6.56. The van der Waals surface area contributed by atoms with Gasteiger partial charge in [-0.3, -0.25) is 4.79 Å². The van der Waals surface area contributed by atoms with Crippen molar-refractivity contribution >= 4 is 23.2 Å². The molecular weight excluding hydrogens is 534 g/mol. The van der Waals surface area contributed by atoms with Crippen LogP contribution >= 0.6 is 0 Å². The lowest BCUT2D eigenvalue weighted by atomic mass is 9.94. The fourth-order valence-corrected chi connectivity index (χ4v) is 4.65. The van der Waals surface area contributed by atoms with Gasteiger partial charge < -0.3 is 9.64 Å². The maximum atomic E-state index is 15.7. The molecule has 1 unspecified atom stereocenters. The van der Waals surface area contributed by atoms with Crippen molar-refractivity contribution in [2.24, 2.45) is 4.99 Å². The van der Waals surface area contributed by atoms with Crippen molar-refractivity contribution in [1.82, 2.24) is 0 Å². The van der Waals surface area contributed by atoms with E-state index < -0.39 is 47.6 Å². The van der Waals surface area contributed by atoms with E-state index in [1.807, 2.05) is 0 Å². The molecule has 204 valence electrons. The van der Waals surface area contributed by atoms with Gasteiger partial charge in [-0.25, -0.2) is 18.2 Å². The largest absolute Gasteiger partial charge is 0.469 e. The van der Waals surface area contributed by atoms with E-state index in [1.165, 1.54) is 71.6 Å². The van der Waals surface area contributed by atoms with Crippen LogP contribution in [0.2, 0.25) is 0 Å². The van der Waals surface area contributed by atoms with Crippen LogP contribution in [0.5, 0.6) is 0 Å². The number of fused-ring (bicyclic) bond motifs is 1. The maximum Gasteiger partial charge on any atom is 0.416 e. The van der Waals surface area contributed by atoms with Crippen molar-refractivity contribution in [1.29, 1.82) is 0 Å². The molecule has 40 heavy (non-hydrogen) atoms. The van der Waals surface area contributed by atoms with E-state index in [-0.39, 0.29) is 28.3 Å². The number of rotatable bonds is 5. The van der Waals surface area contributed by atoms with Crippen molar-refractivity contribution in [3.63, 3.8) is 0 Å². The quantitative estimate of drug-likeness (QED) is 0.186. The van der Waals surface area contributed by atoms with Crippen molar-refractivity contribution < 1.29 is 35.9 Å². The third kappa shape index (κ3) is 5.16. The fraction of sp³-hybridized carbons (Fsp3) is 0.133. The highest BCUT2D eigenvalue weighted by molar-refractivity contribution is 6.13. The Morgan fingerprint density at radius 1 is 0.875 bits per heavy atom. The van der Waals surface area contributed by atoms with Gasteiger partial charge >= 0.3 is 12.1 Å². The van der Waals surface area contributed by atoms with Gasteiger partial charge in [0.05, 0.1) is 30.7 Å². The molecule has 1 heterocycles. The molecule has 5 rings (SSSR count). The van der Waals surface area contributed by atoms with Crippen molar-refractivity contribution in [3.8, 4) is 11.1 Å². The van der Waals surface area contributed by atoms with Gasteiger partial charge in [0.2, 0.25) is 0 Å². The van der Waals surface area contributed by atoms with Crippen LogP contribution in [0.15, 0.2) is 89.9 Å². The van der Waals surface area contributed by atoms with Crippen LogP contribution in [-0.2, 0) is 15.7 Å². The highest BCUT2D eigenvalue weighted by atomic mass is 19.4. The molecule has 0 aromatic heterocycles. The van der Waals surface area contributed by atoms with Gasteiger partial charge in [-0.1, -0.05) is 36.4 Å². The Kier molecular flexibility index (Phi) is 7.10. The standard InChI is InChI=1S/C30H20F6N2O2/c1-40-27(39)16-26-23-6-3-7-24(32)28(23)37-29(38(26)21-5-2-4-19(15-21)30(34,35)36)22-13-10-18(14-25(22)33)17-8-11-20(31)12-9-17/h2-15,26H,16H2,1H3. The number of ether oxygens (including phenoxy) is 1. The molecule has 1 aliphatic heterocycles.